The summed E-state index contributed by atoms with van der Waals surface area (Å²) in [5, 5.41) is 3.41. The average molecular weight is 221 g/mol. The van der Waals surface area contributed by atoms with Gasteiger partial charge in [0.05, 0.1) is 13.1 Å². The van der Waals surface area contributed by atoms with Crippen molar-refractivity contribution < 1.29 is 0 Å². The van der Waals surface area contributed by atoms with Gasteiger partial charge in [0.25, 0.3) is 0 Å². The smallest absolute Gasteiger partial charge is 0.0602 e. The first-order valence-electron chi connectivity index (χ1n) is 6.56. The lowest BCUT2D eigenvalue weighted by Crippen LogP contribution is -2.28. The van der Waals surface area contributed by atoms with Crippen LogP contribution in [-0.4, -0.2) is 62.2 Å². The molecule has 16 heavy (non-hydrogen) atoms. The van der Waals surface area contributed by atoms with Gasteiger partial charge in [0.1, 0.15) is 0 Å². The van der Waals surface area contributed by atoms with Crippen LogP contribution in [0.2, 0.25) is 0 Å². The van der Waals surface area contributed by atoms with E-state index in [0.29, 0.717) is 0 Å². The summed E-state index contributed by atoms with van der Waals surface area (Å²) < 4.78 is 0. The number of nitrogens with one attached hydrogen (secondary N) is 1. The third-order valence-corrected chi connectivity index (χ3v) is 3.36. The standard InChI is InChI=1S/C13H23N3/c1-2-9-15(8-1)10-3-4-11-16-12-5-6-14-7-13-16/h14H,1-2,5-13H2. The van der Waals surface area contributed by atoms with E-state index in [9.17, 15) is 0 Å². The molecule has 0 aliphatic carbocycles. The summed E-state index contributed by atoms with van der Waals surface area (Å²) in [7, 11) is 0. The van der Waals surface area contributed by atoms with E-state index >= 15 is 0 Å². The largest absolute Gasteiger partial charge is 0.315 e. The van der Waals surface area contributed by atoms with E-state index in [1.807, 2.05) is 0 Å². The van der Waals surface area contributed by atoms with Crippen molar-refractivity contribution in [2.75, 3.05) is 52.4 Å². The molecule has 1 N–H and O–H groups in total. The molecule has 2 saturated heterocycles. The zero-order chi connectivity index (χ0) is 11.1. The highest BCUT2D eigenvalue weighted by atomic mass is 15.1. The number of likely N-dealkylation sites (tertiary alicyclic amines) is 1. The van der Waals surface area contributed by atoms with Crippen molar-refractivity contribution in [3.63, 3.8) is 0 Å². The molecule has 0 atom stereocenters. The van der Waals surface area contributed by atoms with Gasteiger partial charge in [-0.25, -0.2) is 0 Å². The van der Waals surface area contributed by atoms with Gasteiger partial charge >= 0.3 is 0 Å². The predicted molar refractivity (Wildman–Crippen MR) is 67.4 cm³/mol. The van der Waals surface area contributed by atoms with Gasteiger partial charge in [0, 0.05) is 19.6 Å². The van der Waals surface area contributed by atoms with Gasteiger partial charge in [0.15, 0.2) is 0 Å². The van der Waals surface area contributed by atoms with E-state index in [-0.39, 0.29) is 0 Å². The maximum atomic E-state index is 3.41. The molecule has 0 aromatic carbocycles. The van der Waals surface area contributed by atoms with Crippen molar-refractivity contribution in [1.82, 2.24) is 15.1 Å². The second kappa shape index (κ2) is 6.90. The van der Waals surface area contributed by atoms with Gasteiger partial charge in [-0.3, -0.25) is 9.80 Å². The second-order valence-electron chi connectivity index (χ2n) is 4.72. The third kappa shape index (κ3) is 4.13. The first-order chi connectivity index (χ1) is 7.95. The lowest BCUT2D eigenvalue weighted by Gasteiger charge is -2.15. The molecule has 3 heteroatoms. The zero-order valence-electron chi connectivity index (χ0n) is 10.2. The molecule has 0 aromatic heterocycles. The minimum Gasteiger partial charge on any atom is -0.315 e. The van der Waals surface area contributed by atoms with Crippen molar-refractivity contribution in [1.29, 1.82) is 0 Å². The lowest BCUT2D eigenvalue weighted by atomic mass is 10.4. The monoisotopic (exact) mass is 221 g/mol. The normalized spacial score (nSPS) is 23.8. The molecular formula is C13H23N3. The lowest BCUT2D eigenvalue weighted by molar-refractivity contribution is 0.328. The molecule has 0 unspecified atom stereocenters. The summed E-state index contributed by atoms with van der Waals surface area (Å²) in [6.07, 6.45) is 3.98. The van der Waals surface area contributed by atoms with E-state index < -0.39 is 0 Å². The topological polar surface area (TPSA) is 18.5 Å². The van der Waals surface area contributed by atoms with Gasteiger partial charge in [-0.1, -0.05) is 11.8 Å². The molecule has 0 saturated carbocycles. The minimum absolute atomic E-state index is 0.954. The minimum atomic E-state index is 0.954. The van der Waals surface area contributed by atoms with Crippen LogP contribution in [0.3, 0.4) is 0 Å². The number of hydrogen-bond acceptors (Lipinski definition) is 3. The van der Waals surface area contributed by atoms with E-state index in [4.69, 9.17) is 0 Å². The number of rotatable bonds is 2. The zero-order valence-corrected chi connectivity index (χ0v) is 10.2. The van der Waals surface area contributed by atoms with Gasteiger partial charge in [0.2, 0.25) is 0 Å². The summed E-state index contributed by atoms with van der Waals surface area (Å²) in [6.45, 7) is 9.07. The van der Waals surface area contributed by atoms with E-state index in [2.05, 4.69) is 27.0 Å². The Kier molecular flexibility index (Phi) is 5.14. The van der Waals surface area contributed by atoms with Gasteiger partial charge in [-0.05, 0) is 38.9 Å². The van der Waals surface area contributed by atoms with Crippen LogP contribution in [0.4, 0.5) is 0 Å². The summed E-state index contributed by atoms with van der Waals surface area (Å²) in [4.78, 5) is 4.91. The molecule has 2 rings (SSSR count). The Morgan fingerprint density at radius 2 is 1.38 bits per heavy atom. The molecule has 3 nitrogen and oxygen atoms in total. The fraction of sp³-hybridized carbons (Fsp3) is 0.846. The predicted octanol–water partition coefficient (Wildman–Crippen LogP) is 0.381. The highest BCUT2D eigenvalue weighted by molar-refractivity contribution is 5.03. The molecule has 0 aromatic rings. The highest BCUT2D eigenvalue weighted by Gasteiger charge is 2.09. The van der Waals surface area contributed by atoms with E-state index in [1.165, 1.54) is 38.9 Å². The summed E-state index contributed by atoms with van der Waals surface area (Å²) in [5.74, 6) is 6.63. The Morgan fingerprint density at radius 1 is 0.750 bits per heavy atom. The number of nitrogens with zero attached hydrogens (tertiary/aromatic N) is 2. The third-order valence-electron chi connectivity index (χ3n) is 3.36. The molecule has 0 amide bonds. The van der Waals surface area contributed by atoms with Crippen LogP contribution < -0.4 is 5.32 Å². The first kappa shape index (κ1) is 11.9. The van der Waals surface area contributed by atoms with Crippen LogP contribution in [0.5, 0.6) is 0 Å². The van der Waals surface area contributed by atoms with Crippen LogP contribution >= 0.6 is 0 Å². The molecule has 2 aliphatic heterocycles. The number of hydrogen-bond donors (Lipinski definition) is 1. The van der Waals surface area contributed by atoms with Gasteiger partial charge < -0.3 is 5.32 Å². The van der Waals surface area contributed by atoms with Crippen molar-refractivity contribution in [2.24, 2.45) is 0 Å². The van der Waals surface area contributed by atoms with Crippen molar-refractivity contribution in [3.05, 3.63) is 0 Å². The van der Waals surface area contributed by atoms with Gasteiger partial charge in [-0.2, -0.15) is 0 Å². The van der Waals surface area contributed by atoms with E-state index in [0.717, 1.165) is 32.7 Å². The molecular weight excluding hydrogens is 198 g/mol. The Hall–Kier alpha value is -0.560. The summed E-state index contributed by atoms with van der Waals surface area (Å²) in [5.41, 5.74) is 0. The molecule has 0 radical (unpaired) electrons. The van der Waals surface area contributed by atoms with Crippen molar-refractivity contribution in [3.8, 4) is 11.8 Å². The quantitative estimate of drug-likeness (QED) is 0.680. The SMILES string of the molecule is C(#CCN1CCCNCC1)CN1CCCC1. The Labute approximate surface area is 99.2 Å². The molecule has 2 aliphatic rings. The van der Waals surface area contributed by atoms with Crippen LogP contribution in [0.15, 0.2) is 0 Å². The molecule has 0 bridgehead atoms. The second-order valence-corrected chi connectivity index (χ2v) is 4.72. The summed E-state index contributed by atoms with van der Waals surface area (Å²) >= 11 is 0. The van der Waals surface area contributed by atoms with Crippen LogP contribution in [0, 0.1) is 11.8 Å². The maximum Gasteiger partial charge on any atom is 0.0602 e. The molecule has 90 valence electrons. The fourth-order valence-corrected chi connectivity index (χ4v) is 2.34. The molecule has 0 spiro atoms. The van der Waals surface area contributed by atoms with Crippen LogP contribution in [0.25, 0.3) is 0 Å². The first-order valence-corrected chi connectivity index (χ1v) is 6.56. The van der Waals surface area contributed by atoms with E-state index in [1.54, 1.807) is 0 Å². The molecule has 2 heterocycles. The fourth-order valence-electron chi connectivity index (χ4n) is 2.34. The maximum absolute atomic E-state index is 3.41. The van der Waals surface area contributed by atoms with Crippen LogP contribution in [-0.2, 0) is 0 Å². The van der Waals surface area contributed by atoms with Crippen molar-refractivity contribution >= 4 is 0 Å². The van der Waals surface area contributed by atoms with Crippen molar-refractivity contribution in [2.45, 2.75) is 19.3 Å². The average Bonchev–Trinajstić information content (AvgIpc) is 2.68. The Morgan fingerprint density at radius 3 is 2.12 bits per heavy atom. The highest BCUT2D eigenvalue weighted by Crippen LogP contribution is 2.05. The van der Waals surface area contributed by atoms with Crippen LogP contribution in [0.1, 0.15) is 19.3 Å². The summed E-state index contributed by atoms with van der Waals surface area (Å²) in [6, 6.07) is 0. The Balaban J connectivity index is 1.63. The Bertz CT molecular complexity index is 240. The van der Waals surface area contributed by atoms with Gasteiger partial charge in [-0.15, -0.1) is 0 Å². The molecule has 2 fully saturated rings.